The van der Waals surface area contributed by atoms with Crippen molar-refractivity contribution in [3.8, 4) is 0 Å². The third kappa shape index (κ3) is 6.74. The van der Waals surface area contributed by atoms with Crippen LogP contribution >= 0.6 is 24.4 Å². The Morgan fingerprint density at radius 2 is 1.82 bits per heavy atom. The van der Waals surface area contributed by atoms with Crippen molar-refractivity contribution in [3.63, 3.8) is 0 Å². The van der Waals surface area contributed by atoms with Gasteiger partial charge in [0.15, 0.2) is 0 Å². The van der Waals surface area contributed by atoms with E-state index >= 15 is 0 Å². The average Bonchev–Trinajstić information content (AvgIpc) is 3.04. The van der Waals surface area contributed by atoms with E-state index in [1.54, 1.807) is 24.3 Å². The van der Waals surface area contributed by atoms with E-state index in [0.717, 1.165) is 5.56 Å². The summed E-state index contributed by atoms with van der Waals surface area (Å²) in [5, 5.41) is 2.64. The van der Waals surface area contributed by atoms with Gasteiger partial charge in [0.25, 0.3) is 5.91 Å². The van der Waals surface area contributed by atoms with Crippen molar-refractivity contribution in [2.45, 2.75) is 24.7 Å². The third-order valence-electron chi connectivity index (χ3n) is 6.05. The molecule has 0 aromatic heterocycles. The normalized spacial score (nSPS) is 16.5. The number of carbonyl (C=O) groups is 4. The molecule has 0 spiro atoms. The first-order valence-electron chi connectivity index (χ1n) is 11.9. The van der Waals surface area contributed by atoms with Gasteiger partial charge in [0.05, 0.1) is 17.4 Å². The number of amides is 4. The van der Waals surface area contributed by atoms with Crippen LogP contribution in [0.2, 0.25) is 0 Å². The van der Waals surface area contributed by atoms with Gasteiger partial charge in [0, 0.05) is 23.9 Å². The third-order valence-corrected chi connectivity index (χ3v) is 7.09. The van der Waals surface area contributed by atoms with Crippen LogP contribution in [0.4, 0.5) is 5.69 Å². The topological polar surface area (TPSA) is 151 Å². The summed E-state index contributed by atoms with van der Waals surface area (Å²) < 4.78 is 0. The standard InChI is InChI=1S/C26H32N6O4S2/c1-31(25(35)18(27)15-37)24-26(36)32(14-21(33)29-19(23(28)34)12-13-38-2)20-11-7-6-10-17(20)22(30-24)16-8-4-3-5-9-16/h3-11,18-19,24,37H,12-15,27H2,1-2H3,(H2,28,34)(H,29,33)/t18?,19-,24?/m0/s1. The number of fused-ring (bicyclic) bond motifs is 1. The number of benzene rings is 2. The SMILES string of the molecule is CSCC[C@H](NC(=O)CN1C(=O)C(N(C)C(=O)C(N)CS)N=C(c2ccccc2)c2ccccc21)C(N)=O. The summed E-state index contributed by atoms with van der Waals surface area (Å²) in [6, 6.07) is 14.5. The number of primary amides is 1. The molecule has 1 aliphatic heterocycles. The number of anilines is 1. The molecule has 2 unspecified atom stereocenters. The molecule has 3 atom stereocenters. The highest BCUT2D eigenvalue weighted by molar-refractivity contribution is 7.98. The molecule has 0 fully saturated rings. The number of benzodiazepines with no additional fused rings is 1. The number of thiol groups is 1. The zero-order valence-corrected chi connectivity index (χ0v) is 23.0. The maximum absolute atomic E-state index is 14.0. The summed E-state index contributed by atoms with van der Waals surface area (Å²) in [5.74, 6) is -1.64. The lowest BCUT2D eigenvalue weighted by Gasteiger charge is -2.30. The van der Waals surface area contributed by atoms with Crippen LogP contribution in [0.5, 0.6) is 0 Å². The van der Waals surface area contributed by atoms with Gasteiger partial charge in [-0.25, -0.2) is 4.99 Å². The van der Waals surface area contributed by atoms with E-state index in [0.29, 0.717) is 29.1 Å². The number of nitrogens with one attached hydrogen (secondary N) is 1. The van der Waals surface area contributed by atoms with Crippen LogP contribution in [0.3, 0.4) is 0 Å². The molecule has 3 rings (SSSR count). The number of rotatable bonds is 11. The molecule has 4 amide bonds. The maximum Gasteiger partial charge on any atom is 0.272 e. The Bertz CT molecular complexity index is 1210. The number of hydrogen-bond donors (Lipinski definition) is 4. The van der Waals surface area contributed by atoms with E-state index in [2.05, 4.69) is 17.9 Å². The zero-order chi connectivity index (χ0) is 27.8. The monoisotopic (exact) mass is 556 g/mol. The predicted molar refractivity (Wildman–Crippen MR) is 153 cm³/mol. The van der Waals surface area contributed by atoms with Crippen molar-refractivity contribution in [2.75, 3.05) is 36.3 Å². The first-order chi connectivity index (χ1) is 18.2. The largest absolute Gasteiger partial charge is 0.368 e. The first-order valence-corrected chi connectivity index (χ1v) is 14.0. The van der Waals surface area contributed by atoms with Crippen LogP contribution in [0.1, 0.15) is 17.5 Å². The van der Waals surface area contributed by atoms with Gasteiger partial charge in [-0.15, -0.1) is 0 Å². The number of aliphatic imine (C=N–C) groups is 1. The summed E-state index contributed by atoms with van der Waals surface area (Å²) in [6.07, 6.45) is 0.941. The minimum Gasteiger partial charge on any atom is -0.368 e. The van der Waals surface area contributed by atoms with E-state index in [1.807, 2.05) is 36.6 Å². The number of hydrogen-bond acceptors (Lipinski definition) is 8. The lowest BCUT2D eigenvalue weighted by Crippen LogP contribution is -2.55. The highest BCUT2D eigenvalue weighted by atomic mass is 32.2. The Hall–Kier alpha value is -3.35. The van der Waals surface area contributed by atoms with Crippen molar-refractivity contribution in [3.05, 3.63) is 65.7 Å². The van der Waals surface area contributed by atoms with Crippen LogP contribution in [0.25, 0.3) is 0 Å². The average molecular weight is 557 g/mol. The van der Waals surface area contributed by atoms with Crippen LogP contribution < -0.4 is 21.7 Å². The van der Waals surface area contributed by atoms with E-state index in [9.17, 15) is 19.2 Å². The fourth-order valence-corrected chi connectivity index (χ4v) is 4.65. The maximum atomic E-state index is 14.0. The summed E-state index contributed by atoms with van der Waals surface area (Å²) in [7, 11) is 1.44. The Morgan fingerprint density at radius 3 is 2.45 bits per heavy atom. The molecule has 0 saturated carbocycles. The number of carbonyl (C=O) groups excluding carboxylic acids is 4. The molecular weight excluding hydrogens is 524 g/mol. The molecule has 202 valence electrons. The second-order valence-electron chi connectivity index (χ2n) is 8.70. The van der Waals surface area contributed by atoms with Crippen LogP contribution in [0, 0.1) is 0 Å². The first kappa shape index (κ1) is 29.2. The highest BCUT2D eigenvalue weighted by Gasteiger charge is 2.38. The second-order valence-corrected chi connectivity index (χ2v) is 10.1. The number of thioether (sulfide) groups is 1. The van der Waals surface area contributed by atoms with Crippen LogP contribution in [-0.4, -0.2) is 83.8 Å². The predicted octanol–water partition coefficient (Wildman–Crippen LogP) is 0.635. The molecule has 0 radical (unpaired) electrons. The number of nitrogens with two attached hydrogens (primary N) is 2. The smallest absolute Gasteiger partial charge is 0.272 e. The van der Waals surface area contributed by atoms with Gasteiger partial charge in [-0.3, -0.25) is 24.1 Å². The van der Waals surface area contributed by atoms with Gasteiger partial charge < -0.3 is 21.7 Å². The van der Waals surface area contributed by atoms with Gasteiger partial charge in [0.2, 0.25) is 23.9 Å². The van der Waals surface area contributed by atoms with Gasteiger partial charge in [-0.05, 0) is 24.5 Å². The fourth-order valence-electron chi connectivity index (χ4n) is 4.02. The molecule has 1 aliphatic rings. The number of nitrogens with zero attached hydrogens (tertiary/aromatic N) is 3. The number of para-hydroxylation sites is 1. The highest BCUT2D eigenvalue weighted by Crippen LogP contribution is 2.29. The van der Waals surface area contributed by atoms with Crippen LogP contribution in [-0.2, 0) is 19.2 Å². The van der Waals surface area contributed by atoms with E-state index < -0.39 is 48.4 Å². The fraction of sp³-hybridized carbons (Fsp3) is 0.346. The molecule has 5 N–H and O–H groups in total. The van der Waals surface area contributed by atoms with E-state index in [-0.39, 0.29) is 5.75 Å². The van der Waals surface area contributed by atoms with Gasteiger partial charge in [0.1, 0.15) is 12.6 Å². The molecule has 0 bridgehead atoms. The van der Waals surface area contributed by atoms with Crippen LogP contribution in [0.15, 0.2) is 59.6 Å². The molecule has 2 aromatic carbocycles. The lowest BCUT2D eigenvalue weighted by atomic mass is 10.0. The molecular formula is C26H32N6O4S2. The number of likely N-dealkylation sites (N-methyl/N-ethyl adjacent to an activating group) is 1. The Kier molecular flexibility index (Phi) is 10.3. The van der Waals surface area contributed by atoms with E-state index in [1.165, 1.54) is 28.6 Å². The minimum atomic E-state index is -1.30. The summed E-state index contributed by atoms with van der Waals surface area (Å²) in [6.45, 7) is -0.409. The molecule has 10 nitrogen and oxygen atoms in total. The second kappa shape index (κ2) is 13.4. The molecule has 0 saturated heterocycles. The summed E-state index contributed by atoms with van der Waals surface area (Å²) in [4.78, 5) is 59.1. The van der Waals surface area contributed by atoms with Crippen molar-refractivity contribution < 1.29 is 19.2 Å². The van der Waals surface area contributed by atoms with Gasteiger partial charge in [-0.1, -0.05) is 48.5 Å². The van der Waals surface area contributed by atoms with Crippen molar-refractivity contribution in [2.24, 2.45) is 16.5 Å². The summed E-state index contributed by atoms with van der Waals surface area (Å²) >= 11 is 5.63. The molecule has 1 heterocycles. The van der Waals surface area contributed by atoms with Gasteiger partial charge in [-0.2, -0.15) is 24.4 Å². The van der Waals surface area contributed by atoms with Crippen molar-refractivity contribution in [1.29, 1.82) is 0 Å². The molecule has 38 heavy (non-hydrogen) atoms. The Balaban J connectivity index is 2.07. The zero-order valence-electron chi connectivity index (χ0n) is 21.2. The quantitative estimate of drug-likeness (QED) is 0.298. The minimum absolute atomic E-state index is 0.0796. The molecule has 2 aromatic rings. The summed E-state index contributed by atoms with van der Waals surface area (Å²) in [5.41, 5.74) is 13.7. The molecule has 12 heteroatoms. The molecule has 0 aliphatic carbocycles. The van der Waals surface area contributed by atoms with Gasteiger partial charge >= 0.3 is 0 Å². The van der Waals surface area contributed by atoms with Crippen molar-refractivity contribution >= 4 is 59.4 Å². The Morgan fingerprint density at radius 1 is 1.16 bits per heavy atom. The lowest BCUT2D eigenvalue weighted by molar-refractivity contribution is -0.138. The van der Waals surface area contributed by atoms with E-state index in [4.69, 9.17) is 16.5 Å². The van der Waals surface area contributed by atoms with Crippen molar-refractivity contribution in [1.82, 2.24) is 10.2 Å². The Labute approximate surface area is 231 Å².